The molecule has 1 aliphatic rings. The maximum atomic E-state index is 12.6. The summed E-state index contributed by atoms with van der Waals surface area (Å²) in [7, 11) is 0. The third-order valence-corrected chi connectivity index (χ3v) is 5.11. The molecule has 3 heterocycles. The predicted molar refractivity (Wildman–Crippen MR) is 99.5 cm³/mol. The topological polar surface area (TPSA) is 156 Å². The molecule has 1 fully saturated rings. The molecular formula is C17H27N7O3. The van der Waals surface area contributed by atoms with E-state index in [4.69, 9.17) is 11.5 Å². The third kappa shape index (κ3) is 4.02. The van der Waals surface area contributed by atoms with Gasteiger partial charge in [0.2, 0.25) is 5.91 Å². The Kier molecular flexibility index (Phi) is 5.59. The molecule has 27 heavy (non-hydrogen) atoms. The van der Waals surface area contributed by atoms with Crippen molar-refractivity contribution in [3.8, 4) is 0 Å². The number of aliphatic hydroxyl groups excluding tert-OH is 1. The zero-order valence-electron chi connectivity index (χ0n) is 15.5. The zero-order chi connectivity index (χ0) is 19.6. The fourth-order valence-corrected chi connectivity index (χ4v) is 3.68. The van der Waals surface area contributed by atoms with E-state index in [1.165, 1.54) is 6.33 Å². The number of fused-ring (bicyclic) bond motifs is 1. The summed E-state index contributed by atoms with van der Waals surface area (Å²) in [5.41, 5.74) is 11.0. The number of carbonyl (C=O) groups excluding carboxylic acids is 1. The van der Waals surface area contributed by atoms with Gasteiger partial charge < -0.3 is 31.1 Å². The molecule has 148 valence electrons. The fourth-order valence-electron chi connectivity index (χ4n) is 3.68. The maximum absolute atomic E-state index is 12.6. The van der Waals surface area contributed by atoms with Gasteiger partial charge in [0.25, 0.3) is 0 Å². The van der Waals surface area contributed by atoms with E-state index < -0.39 is 17.7 Å². The lowest BCUT2D eigenvalue weighted by atomic mass is 9.91. The van der Waals surface area contributed by atoms with Gasteiger partial charge in [0, 0.05) is 25.9 Å². The van der Waals surface area contributed by atoms with Crippen LogP contribution in [0, 0.1) is 0 Å². The number of unbranched alkanes of at least 4 members (excludes halogenated alkanes) is 1. The molecular weight excluding hydrogens is 350 g/mol. The van der Waals surface area contributed by atoms with E-state index in [9.17, 15) is 15.0 Å². The Bertz CT molecular complexity index is 807. The molecule has 0 unspecified atom stereocenters. The second-order valence-electron chi connectivity index (χ2n) is 7.36. The van der Waals surface area contributed by atoms with Crippen LogP contribution in [0.3, 0.4) is 0 Å². The van der Waals surface area contributed by atoms with Gasteiger partial charge in [0.15, 0.2) is 11.5 Å². The van der Waals surface area contributed by atoms with Crippen molar-refractivity contribution >= 4 is 22.9 Å². The van der Waals surface area contributed by atoms with Crippen LogP contribution >= 0.6 is 0 Å². The van der Waals surface area contributed by atoms with Crippen molar-refractivity contribution < 1.29 is 15.0 Å². The molecule has 0 aromatic carbocycles. The minimum Gasteiger partial charge on any atom is -0.391 e. The van der Waals surface area contributed by atoms with Crippen molar-refractivity contribution in [2.75, 3.05) is 25.4 Å². The summed E-state index contributed by atoms with van der Waals surface area (Å²) in [5, 5.41) is 21.4. The van der Waals surface area contributed by atoms with E-state index in [-0.39, 0.29) is 31.2 Å². The Balaban J connectivity index is 1.93. The Hall–Kier alpha value is -2.30. The van der Waals surface area contributed by atoms with Crippen LogP contribution in [0.1, 0.15) is 38.6 Å². The Morgan fingerprint density at radius 2 is 2.11 bits per heavy atom. The lowest BCUT2D eigenvalue weighted by Crippen LogP contribution is -2.42. The average molecular weight is 377 g/mol. The van der Waals surface area contributed by atoms with E-state index in [1.54, 1.807) is 22.7 Å². The third-order valence-electron chi connectivity index (χ3n) is 5.11. The summed E-state index contributed by atoms with van der Waals surface area (Å²) in [6.07, 6.45) is 4.02. The number of anilines is 1. The molecule has 0 bridgehead atoms. The highest BCUT2D eigenvalue weighted by atomic mass is 16.3. The minimum atomic E-state index is -1.26. The lowest BCUT2D eigenvalue weighted by Gasteiger charge is -2.34. The quantitative estimate of drug-likeness (QED) is 0.504. The number of likely N-dealkylation sites (tertiary alicyclic amines) is 1. The molecule has 0 saturated carbocycles. The van der Waals surface area contributed by atoms with Gasteiger partial charge in [-0.3, -0.25) is 4.79 Å². The first kappa shape index (κ1) is 19.5. The molecule has 0 radical (unpaired) electrons. The van der Waals surface area contributed by atoms with Crippen molar-refractivity contribution in [2.24, 2.45) is 5.73 Å². The number of nitrogens with zero attached hydrogens (tertiary/aromatic N) is 5. The van der Waals surface area contributed by atoms with E-state index in [0.29, 0.717) is 30.6 Å². The number of hydrogen-bond donors (Lipinski definition) is 4. The molecule has 3 atom stereocenters. The van der Waals surface area contributed by atoms with Crippen LogP contribution in [0.5, 0.6) is 0 Å². The number of β-amino-alcohol motifs (C(OH)–C–C–N with tert-alkyl or cyclic N) is 1. The second kappa shape index (κ2) is 7.75. The summed E-state index contributed by atoms with van der Waals surface area (Å²) in [6, 6.07) is -0.535. The number of nitrogens with two attached hydrogens (primary N) is 2. The van der Waals surface area contributed by atoms with E-state index in [1.807, 2.05) is 0 Å². The van der Waals surface area contributed by atoms with Crippen LogP contribution < -0.4 is 11.5 Å². The van der Waals surface area contributed by atoms with E-state index in [2.05, 4.69) is 15.0 Å². The van der Waals surface area contributed by atoms with Crippen molar-refractivity contribution in [1.29, 1.82) is 0 Å². The molecule has 0 spiro atoms. The normalized spacial score (nSPS) is 26.3. The van der Waals surface area contributed by atoms with Gasteiger partial charge in [-0.15, -0.1) is 0 Å². The number of nitrogen functional groups attached to an aromatic ring is 1. The van der Waals surface area contributed by atoms with Gasteiger partial charge in [-0.25, -0.2) is 15.0 Å². The number of aliphatic hydroxyl groups is 2. The molecule has 0 aliphatic carbocycles. The van der Waals surface area contributed by atoms with E-state index >= 15 is 0 Å². The fraction of sp³-hybridized carbons (Fsp3) is 0.647. The highest BCUT2D eigenvalue weighted by Gasteiger charge is 2.41. The minimum absolute atomic E-state index is 0.0660. The molecule has 2 aromatic rings. The number of amides is 1. The van der Waals surface area contributed by atoms with Gasteiger partial charge in [0.05, 0.1) is 24.1 Å². The Morgan fingerprint density at radius 3 is 2.85 bits per heavy atom. The highest BCUT2D eigenvalue weighted by molar-refractivity contribution is 5.81. The highest BCUT2D eigenvalue weighted by Crippen LogP contribution is 2.34. The van der Waals surface area contributed by atoms with Crippen molar-refractivity contribution in [3.63, 3.8) is 0 Å². The molecule has 3 rings (SSSR count). The van der Waals surface area contributed by atoms with Crippen LogP contribution in [0.15, 0.2) is 12.7 Å². The van der Waals surface area contributed by atoms with Gasteiger partial charge in [-0.2, -0.15) is 0 Å². The lowest BCUT2D eigenvalue weighted by molar-refractivity contribution is -0.132. The molecule has 1 amide bonds. The molecule has 2 aromatic heterocycles. The smallest absolute Gasteiger partial charge is 0.222 e. The zero-order valence-corrected chi connectivity index (χ0v) is 15.5. The van der Waals surface area contributed by atoms with Crippen LogP contribution in [-0.4, -0.2) is 71.9 Å². The SMILES string of the molecule is C[C@]1(O)C[C@@H](O)CN(C(=O)CCCCN)C[C@@H]1n1cnc2c(N)ncnc21. The summed E-state index contributed by atoms with van der Waals surface area (Å²) < 4.78 is 1.71. The maximum Gasteiger partial charge on any atom is 0.222 e. The standard InChI is InChI=1S/C17H27N7O3/c1-17(27)6-11(25)7-23(13(26)4-2-3-5-18)8-12(17)24-10-22-14-15(19)20-9-21-16(14)24/h9-12,25,27H,2-8,18H2,1H3,(H2,19,20,21)/t11-,12+,17+/m1/s1. The molecule has 10 nitrogen and oxygen atoms in total. The summed E-state index contributed by atoms with van der Waals surface area (Å²) in [6.45, 7) is 2.60. The first-order valence-electron chi connectivity index (χ1n) is 9.14. The second-order valence-corrected chi connectivity index (χ2v) is 7.36. The summed E-state index contributed by atoms with van der Waals surface area (Å²) >= 11 is 0. The first-order valence-corrected chi connectivity index (χ1v) is 9.14. The van der Waals surface area contributed by atoms with Gasteiger partial charge in [-0.05, 0) is 26.3 Å². The Labute approximate surface area is 157 Å². The molecule has 1 aliphatic heterocycles. The number of rotatable bonds is 5. The monoisotopic (exact) mass is 377 g/mol. The van der Waals surface area contributed by atoms with Crippen molar-refractivity contribution in [1.82, 2.24) is 24.4 Å². The number of carbonyl (C=O) groups is 1. The average Bonchev–Trinajstić information content (AvgIpc) is 2.97. The predicted octanol–water partition coefficient (Wildman–Crippen LogP) is -0.577. The van der Waals surface area contributed by atoms with Crippen molar-refractivity contribution in [3.05, 3.63) is 12.7 Å². The number of imidazole rings is 1. The largest absolute Gasteiger partial charge is 0.391 e. The molecule has 10 heteroatoms. The van der Waals surface area contributed by atoms with Crippen molar-refractivity contribution in [2.45, 2.75) is 50.4 Å². The molecule has 6 N–H and O–H groups in total. The Morgan fingerprint density at radius 1 is 1.33 bits per heavy atom. The summed E-state index contributed by atoms with van der Waals surface area (Å²) in [4.78, 5) is 26.7. The van der Waals surface area contributed by atoms with Crippen LogP contribution in [0.25, 0.3) is 11.2 Å². The van der Waals surface area contributed by atoms with Gasteiger partial charge in [-0.1, -0.05) is 0 Å². The molecule has 1 saturated heterocycles. The first-order chi connectivity index (χ1) is 12.8. The summed E-state index contributed by atoms with van der Waals surface area (Å²) in [5.74, 6) is 0.186. The van der Waals surface area contributed by atoms with E-state index in [0.717, 1.165) is 6.42 Å². The van der Waals surface area contributed by atoms with Crippen LogP contribution in [0.2, 0.25) is 0 Å². The van der Waals surface area contributed by atoms with Crippen LogP contribution in [0.4, 0.5) is 5.82 Å². The van der Waals surface area contributed by atoms with Gasteiger partial charge in [0.1, 0.15) is 11.8 Å². The van der Waals surface area contributed by atoms with Gasteiger partial charge >= 0.3 is 0 Å². The van der Waals surface area contributed by atoms with Crippen LogP contribution in [-0.2, 0) is 4.79 Å². The number of hydrogen-bond acceptors (Lipinski definition) is 8. The number of aromatic nitrogens is 4.